The second kappa shape index (κ2) is 6.58. The van der Waals surface area contributed by atoms with Gasteiger partial charge >= 0.3 is 0 Å². The number of benzene rings is 1. The predicted molar refractivity (Wildman–Crippen MR) is 93.7 cm³/mol. The van der Waals surface area contributed by atoms with Crippen LogP contribution in [-0.4, -0.2) is 54.6 Å². The molecule has 1 fully saturated rings. The van der Waals surface area contributed by atoms with Crippen molar-refractivity contribution in [3.8, 4) is 11.5 Å². The van der Waals surface area contributed by atoms with E-state index in [-0.39, 0.29) is 29.9 Å². The third-order valence-electron chi connectivity index (χ3n) is 5.17. The van der Waals surface area contributed by atoms with Crippen LogP contribution in [0.3, 0.4) is 0 Å². The minimum absolute atomic E-state index is 0.0331. The predicted octanol–water partition coefficient (Wildman–Crippen LogP) is 2.38. The van der Waals surface area contributed by atoms with E-state index in [0.29, 0.717) is 43.2 Å². The van der Waals surface area contributed by atoms with E-state index in [1.54, 1.807) is 23.1 Å². The second-order valence-electron chi connectivity index (χ2n) is 7.77. The third-order valence-corrected chi connectivity index (χ3v) is 5.17. The average molecular weight is 346 g/mol. The summed E-state index contributed by atoms with van der Waals surface area (Å²) in [5.74, 6) is 1.38. The van der Waals surface area contributed by atoms with E-state index in [4.69, 9.17) is 9.47 Å². The van der Waals surface area contributed by atoms with Gasteiger partial charge in [0.15, 0.2) is 11.5 Å². The van der Waals surface area contributed by atoms with Crippen LogP contribution < -0.4 is 9.47 Å². The molecule has 2 heterocycles. The number of hydrogen-bond donors (Lipinski definition) is 0. The molecule has 1 aromatic carbocycles. The SMILES string of the molecule is C[C@H](C(=O)N1CCN(C(=O)c2ccc3c(c2)OCO3)CC1)C(C)(C)C. The van der Waals surface area contributed by atoms with E-state index in [0.717, 1.165) is 0 Å². The smallest absolute Gasteiger partial charge is 0.254 e. The van der Waals surface area contributed by atoms with Crippen molar-refractivity contribution in [2.24, 2.45) is 11.3 Å². The van der Waals surface area contributed by atoms with Gasteiger partial charge in [-0.15, -0.1) is 0 Å². The standard InChI is InChI=1S/C19H26N2O4/c1-13(19(2,3)4)17(22)20-7-9-21(10-8-20)18(23)14-5-6-15-16(11-14)25-12-24-15/h5-6,11,13H,7-10,12H2,1-4H3/t13-/m1/s1. The van der Waals surface area contributed by atoms with Crippen molar-refractivity contribution >= 4 is 11.8 Å². The first kappa shape index (κ1) is 17.6. The van der Waals surface area contributed by atoms with E-state index in [2.05, 4.69) is 20.8 Å². The Morgan fingerprint density at radius 2 is 1.60 bits per heavy atom. The number of ether oxygens (including phenoxy) is 2. The summed E-state index contributed by atoms with van der Waals surface area (Å²) in [6.07, 6.45) is 0. The van der Waals surface area contributed by atoms with Crippen LogP contribution in [0.4, 0.5) is 0 Å². The summed E-state index contributed by atoms with van der Waals surface area (Å²) in [6.45, 7) is 10.7. The minimum atomic E-state index is -0.0590. The van der Waals surface area contributed by atoms with Crippen LogP contribution in [0.25, 0.3) is 0 Å². The lowest BCUT2D eigenvalue weighted by Crippen LogP contribution is -2.52. The van der Waals surface area contributed by atoms with E-state index in [9.17, 15) is 9.59 Å². The molecule has 0 bridgehead atoms. The van der Waals surface area contributed by atoms with Crippen molar-refractivity contribution in [1.29, 1.82) is 0 Å². The lowest BCUT2D eigenvalue weighted by Gasteiger charge is -2.38. The van der Waals surface area contributed by atoms with Crippen molar-refractivity contribution in [3.63, 3.8) is 0 Å². The summed E-state index contributed by atoms with van der Waals surface area (Å²) < 4.78 is 10.6. The molecule has 2 amide bonds. The third kappa shape index (κ3) is 3.57. The van der Waals surface area contributed by atoms with E-state index < -0.39 is 0 Å². The van der Waals surface area contributed by atoms with Gasteiger partial charge < -0.3 is 19.3 Å². The molecule has 0 aromatic heterocycles. The summed E-state index contributed by atoms with van der Waals surface area (Å²) in [5.41, 5.74) is 0.531. The zero-order valence-corrected chi connectivity index (χ0v) is 15.4. The number of hydrogen-bond acceptors (Lipinski definition) is 4. The van der Waals surface area contributed by atoms with Gasteiger partial charge in [-0.25, -0.2) is 0 Å². The molecule has 0 saturated carbocycles. The fourth-order valence-corrected chi connectivity index (χ4v) is 2.99. The first-order chi connectivity index (χ1) is 11.8. The largest absolute Gasteiger partial charge is 0.454 e. The molecular formula is C19H26N2O4. The summed E-state index contributed by atoms with van der Waals surface area (Å²) in [7, 11) is 0. The van der Waals surface area contributed by atoms with Gasteiger partial charge in [0.1, 0.15) is 0 Å². The summed E-state index contributed by atoms with van der Waals surface area (Å²) in [6, 6.07) is 5.25. The number of carbonyl (C=O) groups excluding carboxylic acids is 2. The number of nitrogens with zero attached hydrogens (tertiary/aromatic N) is 2. The molecule has 6 nitrogen and oxygen atoms in total. The van der Waals surface area contributed by atoms with E-state index in [1.165, 1.54) is 0 Å². The summed E-state index contributed by atoms with van der Waals surface area (Å²) >= 11 is 0. The lowest BCUT2D eigenvalue weighted by atomic mass is 9.81. The Bertz CT molecular complexity index is 672. The Kier molecular flexibility index (Phi) is 4.62. The van der Waals surface area contributed by atoms with Gasteiger partial charge in [-0.05, 0) is 23.6 Å². The molecule has 0 unspecified atom stereocenters. The van der Waals surface area contributed by atoms with Gasteiger partial charge in [-0.2, -0.15) is 0 Å². The fraction of sp³-hybridized carbons (Fsp3) is 0.579. The molecule has 0 aliphatic carbocycles. The molecule has 0 radical (unpaired) electrons. The lowest BCUT2D eigenvalue weighted by molar-refractivity contribution is -0.139. The number of fused-ring (bicyclic) bond motifs is 1. The van der Waals surface area contributed by atoms with Crippen LogP contribution in [0.2, 0.25) is 0 Å². The van der Waals surface area contributed by atoms with Crippen molar-refractivity contribution in [2.45, 2.75) is 27.7 Å². The Labute approximate surface area is 148 Å². The molecule has 0 spiro atoms. The maximum atomic E-state index is 12.7. The number of piperazine rings is 1. The number of amides is 2. The van der Waals surface area contributed by atoms with Crippen molar-refractivity contribution in [3.05, 3.63) is 23.8 Å². The maximum absolute atomic E-state index is 12.7. The van der Waals surface area contributed by atoms with Crippen molar-refractivity contribution in [2.75, 3.05) is 33.0 Å². The molecule has 136 valence electrons. The van der Waals surface area contributed by atoms with Gasteiger partial charge in [0, 0.05) is 37.7 Å². The van der Waals surface area contributed by atoms with Crippen molar-refractivity contribution < 1.29 is 19.1 Å². The normalized spacial score (nSPS) is 18.2. The Hall–Kier alpha value is -2.24. The first-order valence-corrected chi connectivity index (χ1v) is 8.75. The van der Waals surface area contributed by atoms with Gasteiger partial charge in [0.05, 0.1) is 0 Å². The highest BCUT2D eigenvalue weighted by Crippen LogP contribution is 2.33. The van der Waals surface area contributed by atoms with Crippen LogP contribution in [-0.2, 0) is 4.79 Å². The Balaban J connectivity index is 1.60. The topological polar surface area (TPSA) is 59.1 Å². The molecule has 1 aromatic rings. The van der Waals surface area contributed by atoms with E-state index in [1.807, 2.05) is 11.8 Å². The molecule has 2 aliphatic heterocycles. The van der Waals surface area contributed by atoms with E-state index >= 15 is 0 Å². The van der Waals surface area contributed by atoms with Crippen LogP contribution in [0.5, 0.6) is 11.5 Å². The van der Waals surface area contributed by atoms with Crippen LogP contribution in [0.15, 0.2) is 18.2 Å². The molecule has 2 aliphatic rings. The zero-order valence-electron chi connectivity index (χ0n) is 15.4. The Morgan fingerprint density at radius 3 is 2.24 bits per heavy atom. The highest BCUT2D eigenvalue weighted by Gasteiger charge is 2.33. The second-order valence-corrected chi connectivity index (χ2v) is 7.77. The zero-order chi connectivity index (χ0) is 18.2. The van der Waals surface area contributed by atoms with Gasteiger partial charge in [-0.1, -0.05) is 27.7 Å². The average Bonchev–Trinajstić information content (AvgIpc) is 3.06. The molecule has 0 N–H and O–H groups in total. The first-order valence-electron chi connectivity index (χ1n) is 8.75. The van der Waals surface area contributed by atoms with Crippen molar-refractivity contribution in [1.82, 2.24) is 9.80 Å². The number of carbonyl (C=O) groups is 2. The highest BCUT2D eigenvalue weighted by molar-refractivity contribution is 5.95. The van der Waals surface area contributed by atoms with Crippen LogP contribution in [0.1, 0.15) is 38.1 Å². The molecule has 1 atom stereocenters. The minimum Gasteiger partial charge on any atom is -0.454 e. The molecule has 25 heavy (non-hydrogen) atoms. The maximum Gasteiger partial charge on any atom is 0.254 e. The Morgan fingerprint density at radius 1 is 1.00 bits per heavy atom. The molecule has 6 heteroatoms. The number of rotatable bonds is 2. The van der Waals surface area contributed by atoms with Gasteiger partial charge in [-0.3, -0.25) is 9.59 Å². The van der Waals surface area contributed by atoms with Crippen LogP contribution in [0, 0.1) is 11.3 Å². The molecular weight excluding hydrogens is 320 g/mol. The van der Waals surface area contributed by atoms with Gasteiger partial charge in [0.25, 0.3) is 5.91 Å². The summed E-state index contributed by atoms with van der Waals surface area (Å²) in [5, 5.41) is 0. The van der Waals surface area contributed by atoms with Gasteiger partial charge in [0.2, 0.25) is 12.7 Å². The summed E-state index contributed by atoms with van der Waals surface area (Å²) in [4.78, 5) is 29.0. The highest BCUT2D eigenvalue weighted by atomic mass is 16.7. The van der Waals surface area contributed by atoms with Crippen LogP contribution >= 0.6 is 0 Å². The molecule has 1 saturated heterocycles. The fourth-order valence-electron chi connectivity index (χ4n) is 2.99. The quantitative estimate of drug-likeness (QED) is 0.825. The monoisotopic (exact) mass is 346 g/mol. The molecule has 3 rings (SSSR count).